The second-order valence-electron chi connectivity index (χ2n) is 6.65. The average Bonchev–Trinajstić information content (AvgIpc) is 2.95. The van der Waals surface area contributed by atoms with Crippen LogP contribution < -0.4 is 5.32 Å². The van der Waals surface area contributed by atoms with Crippen LogP contribution >= 0.6 is 0 Å². The highest BCUT2D eigenvalue weighted by atomic mass is 16.2. The first-order chi connectivity index (χ1) is 11.3. The van der Waals surface area contributed by atoms with Gasteiger partial charge in [0.2, 0.25) is 5.91 Å². The van der Waals surface area contributed by atoms with Gasteiger partial charge in [-0.3, -0.25) is 9.20 Å². The van der Waals surface area contributed by atoms with Gasteiger partial charge in [-0.25, -0.2) is 0 Å². The van der Waals surface area contributed by atoms with Crippen LogP contribution in [0.25, 0.3) is 5.65 Å². The minimum atomic E-state index is 0.321. The van der Waals surface area contributed by atoms with E-state index in [1.165, 1.54) is 6.42 Å². The van der Waals surface area contributed by atoms with E-state index in [2.05, 4.69) is 20.4 Å². The third-order valence-electron chi connectivity index (χ3n) is 5.19. The molecule has 0 radical (unpaired) electrons. The molecule has 3 heterocycles. The number of hydrogen-bond acceptors (Lipinski definition) is 4. The lowest BCUT2D eigenvalue weighted by Crippen LogP contribution is -2.47. The molecule has 2 fully saturated rings. The number of nitrogens with zero attached hydrogens (tertiary/aromatic N) is 4. The molecule has 2 aromatic rings. The summed E-state index contributed by atoms with van der Waals surface area (Å²) < 4.78 is 2.02. The fraction of sp³-hybridized carbons (Fsp3) is 0.588. The van der Waals surface area contributed by atoms with Crippen molar-refractivity contribution < 1.29 is 4.79 Å². The Bertz CT molecular complexity index is 685. The largest absolute Gasteiger partial charge is 0.342 e. The van der Waals surface area contributed by atoms with Crippen LogP contribution in [0.1, 0.15) is 37.9 Å². The Morgan fingerprint density at radius 1 is 1.17 bits per heavy atom. The number of hydrogen-bond donors (Lipinski definition) is 1. The summed E-state index contributed by atoms with van der Waals surface area (Å²) in [6, 6.07) is 6.37. The molecule has 0 unspecified atom stereocenters. The summed E-state index contributed by atoms with van der Waals surface area (Å²) >= 11 is 0. The number of amides is 1. The molecule has 0 aromatic carbocycles. The van der Waals surface area contributed by atoms with Gasteiger partial charge in [-0.2, -0.15) is 0 Å². The lowest BCUT2D eigenvalue weighted by molar-refractivity contribution is -0.139. The average molecular weight is 313 g/mol. The minimum Gasteiger partial charge on any atom is -0.342 e. The van der Waals surface area contributed by atoms with Crippen molar-refractivity contribution in [3.63, 3.8) is 0 Å². The van der Waals surface area contributed by atoms with Crippen molar-refractivity contribution in [1.82, 2.24) is 24.8 Å². The summed E-state index contributed by atoms with van der Waals surface area (Å²) in [6.07, 6.45) is 7.45. The Balaban J connectivity index is 1.29. The molecule has 1 N–H and O–H groups in total. The maximum Gasteiger partial charge on any atom is 0.225 e. The van der Waals surface area contributed by atoms with Crippen molar-refractivity contribution in [2.24, 2.45) is 5.92 Å². The van der Waals surface area contributed by atoms with E-state index in [4.69, 9.17) is 0 Å². The van der Waals surface area contributed by atoms with Crippen molar-refractivity contribution in [3.05, 3.63) is 30.2 Å². The van der Waals surface area contributed by atoms with Crippen molar-refractivity contribution in [2.45, 2.75) is 44.7 Å². The van der Waals surface area contributed by atoms with Crippen molar-refractivity contribution in [1.29, 1.82) is 0 Å². The maximum absolute atomic E-state index is 12.3. The van der Waals surface area contributed by atoms with E-state index in [0.29, 0.717) is 24.4 Å². The van der Waals surface area contributed by atoms with Gasteiger partial charge >= 0.3 is 0 Å². The second-order valence-corrected chi connectivity index (χ2v) is 6.65. The van der Waals surface area contributed by atoms with Crippen LogP contribution in [0.5, 0.6) is 0 Å². The first-order valence-corrected chi connectivity index (χ1v) is 8.62. The summed E-state index contributed by atoms with van der Waals surface area (Å²) in [5.74, 6) is 1.65. The predicted molar refractivity (Wildman–Crippen MR) is 86.8 cm³/mol. The van der Waals surface area contributed by atoms with Crippen molar-refractivity contribution >= 4 is 11.6 Å². The molecule has 6 nitrogen and oxygen atoms in total. The number of piperidine rings is 1. The fourth-order valence-electron chi connectivity index (χ4n) is 3.46. The molecule has 1 amide bonds. The van der Waals surface area contributed by atoms with Crippen molar-refractivity contribution in [3.8, 4) is 0 Å². The Hall–Kier alpha value is -1.95. The fourth-order valence-corrected chi connectivity index (χ4v) is 3.46. The Morgan fingerprint density at radius 2 is 2.00 bits per heavy atom. The molecule has 0 spiro atoms. The molecule has 2 aromatic heterocycles. The van der Waals surface area contributed by atoms with E-state index in [9.17, 15) is 4.79 Å². The van der Waals surface area contributed by atoms with E-state index in [0.717, 1.165) is 50.2 Å². The molecular formula is C17H23N5O. The quantitative estimate of drug-likeness (QED) is 0.931. The maximum atomic E-state index is 12.3. The van der Waals surface area contributed by atoms with Gasteiger partial charge in [0, 0.05) is 31.2 Å². The highest BCUT2D eigenvalue weighted by Gasteiger charge is 2.31. The van der Waals surface area contributed by atoms with Gasteiger partial charge in [0.1, 0.15) is 0 Å². The Kier molecular flexibility index (Phi) is 3.99. The Morgan fingerprint density at radius 3 is 2.74 bits per heavy atom. The minimum absolute atomic E-state index is 0.321. The van der Waals surface area contributed by atoms with Gasteiger partial charge in [0.15, 0.2) is 11.5 Å². The molecule has 1 aliphatic carbocycles. The molecule has 23 heavy (non-hydrogen) atoms. The summed E-state index contributed by atoms with van der Waals surface area (Å²) in [5, 5.41) is 12.0. The van der Waals surface area contributed by atoms with Gasteiger partial charge in [-0.1, -0.05) is 12.5 Å². The third-order valence-corrected chi connectivity index (χ3v) is 5.19. The van der Waals surface area contributed by atoms with E-state index in [1.807, 2.05) is 28.8 Å². The molecule has 1 aliphatic heterocycles. The molecule has 6 heteroatoms. The molecule has 122 valence electrons. The van der Waals surface area contributed by atoms with E-state index >= 15 is 0 Å². The van der Waals surface area contributed by atoms with Crippen LogP contribution in [0.3, 0.4) is 0 Å². The zero-order chi connectivity index (χ0) is 15.6. The normalized spacial score (nSPS) is 19.9. The Labute approximate surface area is 135 Å². The highest BCUT2D eigenvalue weighted by molar-refractivity contribution is 5.79. The van der Waals surface area contributed by atoms with Crippen LogP contribution in [0, 0.1) is 5.92 Å². The van der Waals surface area contributed by atoms with Crippen LogP contribution in [0.2, 0.25) is 0 Å². The van der Waals surface area contributed by atoms with E-state index in [1.54, 1.807) is 0 Å². The lowest BCUT2D eigenvalue weighted by atomic mass is 9.84. The number of likely N-dealkylation sites (tertiary alicyclic amines) is 1. The molecule has 0 atom stereocenters. The summed E-state index contributed by atoms with van der Waals surface area (Å²) in [5.41, 5.74) is 0.880. The van der Waals surface area contributed by atoms with Gasteiger partial charge in [-0.05, 0) is 37.8 Å². The summed E-state index contributed by atoms with van der Waals surface area (Å²) in [7, 11) is 0. The van der Waals surface area contributed by atoms with E-state index in [-0.39, 0.29) is 0 Å². The molecule has 2 aliphatic rings. The zero-order valence-electron chi connectivity index (χ0n) is 13.3. The van der Waals surface area contributed by atoms with Gasteiger partial charge in [0.25, 0.3) is 0 Å². The molecule has 1 saturated heterocycles. The molecule has 1 saturated carbocycles. The number of nitrogens with one attached hydrogen (secondary N) is 1. The van der Waals surface area contributed by atoms with Crippen molar-refractivity contribution in [2.75, 3.05) is 13.1 Å². The number of aromatic nitrogens is 3. The topological polar surface area (TPSA) is 62.5 Å². The predicted octanol–water partition coefficient (Wildman–Crippen LogP) is 1.61. The van der Waals surface area contributed by atoms with Gasteiger partial charge in [0.05, 0.1) is 6.54 Å². The highest BCUT2D eigenvalue weighted by Crippen LogP contribution is 2.29. The number of rotatable bonds is 4. The van der Waals surface area contributed by atoms with Crippen LogP contribution in [0.15, 0.2) is 24.4 Å². The monoisotopic (exact) mass is 313 g/mol. The number of fused-ring (bicyclic) bond motifs is 1. The standard InChI is InChI=1S/C17H23N5O/c23-17(13-4-3-5-13)21-10-7-14(8-11-21)18-12-16-20-19-15-6-1-2-9-22(15)16/h1-2,6,9,13-14,18H,3-5,7-8,10-12H2. The number of carbonyl (C=O) groups excluding carboxylic acids is 1. The molecule has 0 bridgehead atoms. The smallest absolute Gasteiger partial charge is 0.225 e. The summed E-state index contributed by atoms with van der Waals surface area (Å²) in [4.78, 5) is 14.3. The van der Waals surface area contributed by atoms with Crippen LogP contribution in [-0.4, -0.2) is 44.5 Å². The number of carbonyl (C=O) groups is 1. The summed E-state index contributed by atoms with van der Waals surface area (Å²) in [6.45, 7) is 2.48. The second kappa shape index (κ2) is 6.28. The zero-order valence-corrected chi connectivity index (χ0v) is 13.3. The lowest BCUT2D eigenvalue weighted by Gasteiger charge is -2.36. The van der Waals surface area contributed by atoms with Gasteiger partial charge < -0.3 is 10.2 Å². The van der Waals surface area contributed by atoms with E-state index < -0.39 is 0 Å². The number of pyridine rings is 1. The molecular weight excluding hydrogens is 290 g/mol. The molecule has 4 rings (SSSR count). The van der Waals surface area contributed by atoms with Gasteiger partial charge in [-0.15, -0.1) is 10.2 Å². The SMILES string of the molecule is O=C(C1CCC1)N1CCC(NCc2nnc3ccccn23)CC1. The third kappa shape index (κ3) is 2.95. The first-order valence-electron chi connectivity index (χ1n) is 8.62. The first kappa shape index (κ1) is 14.6. The van der Waals surface area contributed by atoms with Crippen LogP contribution in [-0.2, 0) is 11.3 Å². The van der Waals surface area contributed by atoms with Crippen LogP contribution in [0.4, 0.5) is 0 Å².